The highest BCUT2D eigenvalue weighted by Gasteiger charge is 2.08. The molecule has 0 bridgehead atoms. The Morgan fingerprint density at radius 2 is 2.14 bits per heavy atom. The Kier molecular flexibility index (Phi) is 4.29. The average molecular weight is 257 g/mol. The summed E-state index contributed by atoms with van der Waals surface area (Å²) in [5.41, 5.74) is 1.06. The average Bonchev–Trinajstić information content (AvgIpc) is 2.16. The minimum Gasteiger partial charge on any atom is -0.366 e. The van der Waals surface area contributed by atoms with Crippen LogP contribution in [0.1, 0.15) is 19.4 Å². The lowest BCUT2D eigenvalue weighted by molar-refractivity contribution is -0.127. The van der Waals surface area contributed by atoms with Crippen molar-refractivity contribution in [3.8, 4) is 0 Å². The Hall–Kier alpha value is -0.670. The van der Waals surface area contributed by atoms with E-state index in [4.69, 9.17) is 4.74 Å². The Morgan fingerprint density at radius 1 is 1.50 bits per heavy atom. The molecule has 1 aromatic rings. The molecule has 2 nitrogen and oxygen atoms in total. The number of carbonyl (C=O) groups is 1. The minimum absolute atomic E-state index is 0.0528. The quantitative estimate of drug-likeness (QED) is 0.828. The molecule has 1 unspecified atom stereocenters. The molecule has 1 atom stereocenters. The van der Waals surface area contributed by atoms with E-state index in [-0.39, 0.29) is 11.9 Å². The van der Waals surface area contributed by atoms with E-state index < -0.39 is 0 Å². The zero-order valence-electron chi connectivity index (χ0n) is 8.29. The van der Waals surface area contributed by atoms with E-state index in [0.29, 0.717) is 6.61 Å². The topological polar surface area (TPSA) is 26.3 Å². The molecule has 0 amide bonds. The summed E-state index contributed by atoms with van der Waals surface area (Å²) < 4.78 is 6.40. The third-order valence-corrected chi connectivity index (χ3v) is 2.79. The number of benzene rings is 1. The molecule has 0 N–H and O–H groups in total. The van der Waals surface area contributed by atoms with Crippen LogP contribution in [0.5, 0.6) is 0 Å². The maximum Gasteiger partial charge on any atom is 0.158 e. The summed E-state index contributed by atoms with van der Waals surface area (Å²) in [6.07, 6.45) is -0.331. The van der Waals surface area contributed by atoms with Crippen LogP contribution in [0.15, 0.2) is 28.7 Å². The van der Waals surface area contributed by atoms with E-state index in [0.717, 1.165) is 10.0 Å². The Balaban J connectivity index is 2.54. The summed E-state index contributed by atoms with van der Waals surface area (Å²) in [5.74, 6) is 0.0528. The number of hydrogen-bond acceptors (Lipinski definition) is 2. The van der Waals surface area contributed by atoms with Crippen LogP contribution in [0, 0.1) is 0 Å². The van der Waals surface area contributed by atoms with E-state index in [1.54, 1.807) is 6.92 Å². The first-order chi connectivity index (χ1) is 6.61. The van der Waals surface area contributed by atoms with Crippen molar-refractivity contribution in [3.63, 3.8) is 0 Å². The van der Waals surface area contributed by atoms with Crippen molar-refractivity contribution in [1.29, 1.82) is 0 Å². The van der Waals surface area contributed by atoms with Gasteiger partial charge in [-0.1, -0.05) is 34.1 Å². The molecular formula is C11H13BrO2. The van der Waals surface area contributed by atoms with E-state index in [9.17, 15) is 4.79 Å². The third-order valence-electron chi connectivity index (χ3n) is 2.02. The fraction of sp³-hybridized carbons (Fsp3) is 0.364. The predicted octanol–water partition coefficient (Wildman–Crippen LogP) is 2.94. The maximum atomic E-state index is 10.9. The highest BCUT2D eigenvalue weighted by Crippen LogP contribution is 2.17. The van der Waals surface area contributed by atoms with Crippen LogP contribution in [0.4, 0.5) is 0 Å². The molecule has 0 aromatic heterocycles. The summed E-state index contributed by atoms with van der Waals surface area (Å²) >= 11 is 3.42. The second-order valence-electron chi connectivity index (χ2n) is 3.16. The van der Waals surface area contributed by atoms with Crippen LogP contribution in [-0.2, 0) is 16.1 Å². The molecule has 76 valence electrons. The minimum atomic E-state index is -0.331. The lowest BCUT2D eigenvalue weighted by atomic mass is 10.2. The van der Waals surface area contributed by atoms with Crippen LogP contribution < -0.4 is 0 Å². The van der Waals surface area contributed by atoms with Crippen LogP contribution in [0.3, 0.4) is 0 Å². The standard InChI is InChI=1S/C11H13BrO2/c1-8(13)9(2)14-7-10-5-3-4-6-11(10)12/h3-6,9H,7H2,1-2H3. The highest BCUT2D eigenvalue weighted by atomic mass is 79.9. The maximum absolute atomic E-state index is 10.9. The molecule has 0 aliphatic heterocycles. The molecule has 0 aliphatic rings. The molecule has 0 saturated carbocycles. The number of rotatable bonds is 4. The second kappa shape index (κ2) is 5.27. The van der Waals surface area contributed by atoms with Crippen molar-refractivity contribution in [2.45, 2.75) is 26.6 Å². The third kappa shape index (κ3) is 3.24. The molecule has 3 heteroatoms. The SMILES string of the molecule is CC(=O)C(C)OCc1ccccc1Br. The van der Waals surface area contributed by atoms with Crippen LogP contribution >= 0.6 is 15.9 Å². The van der Waals surface area contributed by atoms with Gasteiger partial charge in [0.25, 0.3) is 0 Å². The van der Waals surface area contributed by atoms with Crippen LogP contribution in [0.2, 0.25) is 0 Å². The van der Waals surface area contributed by atoms with Gasteiger partial charge in [0, 0.05) is 4.47 Å². The zero-order valence-corrected chi connectivity index (χ0v) is 9.87. The molecule has 0 radical (unpaired) electrons. The van der Waals surface area contributed by atoms with Gasteiger partial charge in [-0.15, -0.1) is 0 Å². The lowest BCUT2D eigenvalue weighted by Gasteiger charge is -2.10. The summed E-state index contributed by atoms with van der Waals surface area (Å²) in [6.45, 7) is 3.76. The van der Waals surface area contributed by atoms with Gasteiger partial charge in [-0.05, 0) is 25.5 Å². The van der Waals surface area contributed by atoms with Crippen molar-refractivity contribution in [3.05, 3.63) is 34.3 Å². The largest absolute Gasteiger partial charge is 0.366 e. The monoisotopic (exact) mass is 256 g/mol. The fourth-order valence-electron chi connectivity index (χ4n) is 0.948. The summed E-state index contributed by atoms with van der Waals surface area (Å²) in [6, 6.07) is 7.82. The van der Waals surface area contributed by atoms with Gasteiger partial charge >= 0.3 is 0 Å². The van der Waals surface area contributed by atoms with Crippen molar-refractivity contribution >= 4 is 21.7 Å². The van der Waals surface area contributed by atoms with Gasteiger partial charge in [0.2, 0.25) is 0 Å². The van der Waals surface area contributed by atoms with Crippen molar-refractivity contribution in [1.82, 2.24) is 0 Å². The molecule has 14 heavy (non-hydrogen) atoms. The van der Waals surface area contributed by atoms with Crippen LogP contribution in [-0.4, -0.2) is 11.9 Å². The normalized spacial score (nSPS) is 12.5. The van der Waals surface area contributed by atoms with Crippen LogP contribution in [0.25, 0.3) is 0 Å². The molecular weight excluding hydrogens is 244 g/mol. The first kappa shape index (κ1) is 11.4. The number of Topliss-reactive ketones (excluding diaryl/α,β-unsaturated/α-hetero) is 1. The lowest BCUT2D eigenvalue weighted by Crippen LogP contribution is -2.17. The molecule has 1 rings (SSSR count). The van der Waals surface area contributed by atoms with E-state index in [2.05, 4.69) is 15.9 Å². The second-order valence-corrected chi connectivity index (χ2v) is 4.01. The van der Waals surface area contributed by atoms with Gasteiger partial charge < -0.3 is 4.74 Å². The molecule has 1 aromatic carbocycles. The van der Waals surface area contributed by atoms with Crippen molar-refractivity contribution < 1.29 is 9.53 Å². The predicted molar refractivity (Wildman–Crippen MR) is 59.1 cm³/mol. The number of halogens is 1. The van der Waals surface area contributed by atoms with E-state index in [1.807, 2.05) is 24.3 Å². The number of ketones is 1. The number of hydrogen-bond donors (Lipinski definition) is 0. The van der Waals surface area contributed by atoms with E-state index in [1.165, 1.54) is 6.92 Å². The van der Waals surface area contributed by atoms with Gasteiger partial charge in [0.1, 0.15) is 6.10 Å². The summed E-state index contributed by atoms with van der Waals surface area (Å²) in [5, 5.41) is 0. The Labute approximate surface area is 92.4 Å². The molecule has 0 spiro atoms. The van der Waals surface area contributed by atoms with Gasteiger partial charge in [0.15, 0.2) is 5.78 Å². The highest BCUT2D eigenvalue weighted by molar-refractivity contribution is 9.10. The van der Waals surface area contributed by atoms with Crippen molar-refractivity contribution in [2.24, 2.45) is 0 Å². The summed E-state index contributed by atoms with van der Waals surface area (Å²) in [7, 11) is 0. The fourth-order valence-corrected chi connectivity index (χ4v) is 1.35. The smallest absolute Gasteiger partial charge is 0.158 e. The molecule has 0 heterocycles. The number of carbonyl (C=O) groups excluding carboxylic acids is 1. The zero-order chi connectivity index (χ0) is 10.6. The van der Waals surface area contributed by atoms with E-state index >= 15 is 0 Å². The van der Waals surface area contributed by atoms with Gasteiger partial charge in [0.05, 0.1) is 6.61 Å². The summed E-state index contributed by atoms with van der Waals surface area (Å²) in [4.78, 5) is 10.9. The Morgan fingerprint density at radius 3 is 2.71 bits per heavy atom. The molecule has 0 saturated heterocycles. The van der Waals surface area contributed by atoms with Gasteiger partial charge in [-0.3, -0.25) is 4.79 Å². The number of ether oxygens (including phenoxy) is 1. The Bertz CT molecular complexity index is 323. The molecule has 0 fully saturated rings. The molecule has 0 aliphatic carbocycles. The van der Waals surface area contributed by atoms with Crippen molar-refractivity contribution in [2.75, 3.05) is 0 Å². The van der Waals surface area contributed by atoms with Gasteiger partial charge in [-0.2, -0.15) is 0 Å². The first-order valence-electron chi connectivity index (χ1n) is 4.46. The van der Waals surface area contributed by atoms with Gasteiger partial charge in [-0.25, -0.2) is 0 Å². The first-order valence-corrected chi connectivity index (χ1v) is 5.26.